The molecule has 1 aromatic rings. The molecule has 0 saturated carbocycles. The average Bonchev–Trinajstić information content (AvgIpc) is 3.22. The molecule has 35 heavy (non-hydrogen) atoms. The second-order valence-corrected chi connectivity index (χ2v) is 7.43. The van der Waals surface area contributed by atoms with E-state index in [0.717, 1.165) is 0 Å². The number of amides is 2. The molecule has 6 N–H and O–H groups in total. The van der Waals surface area contributed by atoms with Crippen LogP contribution in [0.1, 0.15) is 31.4 Å². The van der Waals surface area contributed by atoms with E-state index in [1.807, 2.05) is 0 Å². The highest BCUT2D eigenvalue weighted by Gasteiger charge is 2.20. The molecule has 1 rings (SSSR count). The summed E-state index contributed by atoms with van der Waals surface area (Å²) in [5.41, 5.74) is 0.305. The van der Waals surface area contributed by atoms with E-state index in [1.54, 1.807) is 0 Å². The Labute approximate surface area is 198 Å². The molecule has 1 unspecified atom stereocenters. The van der Waals surface area contributed by atoms with Crippen LogP contribution < -0.4 is 16.0 Å². The van der Waals surface area contributed by atoms with Crippen molar-refractivity contribution in [3.63, 3.8) is 0 Å². The Morgan fingerprint density at radius 3 is 1.86 bits per heavy atom. The van der Waals surface area contributed by atoms with Gasteiger partial charge >= 0.3 is 17.9 Å². The Bertz CT molecular complexity index is 958. The number of carbonyl (C=O) groups excluding carboxylic acids is 4. The highest BCUT2D eigenvalue weighted by molar-refractivity contribution is 5.89. The molecule has 0 spiro atoms. The zero-order valence-electron chi connectivity index (χ0n) is 18.7. The highest BCUT2D eigenvalue weighted by Crippen LogP contribution is 2.02. The van der Waals surface area contributed by atoms with Crippen LogP contribution >= 0.6 is 0 Å². The molecule has 1 atom stereocenters. The molecule has 0 aromatic carbocycles. The van der Waals surface area contributed by atoms with Crippen molar-refractivity contribution in [2.45, 2.75) is 44.7 Å². The number of nitrogens with zero attached hydrogens (tertiary/aromatic N) is 2. The molecule has 1 aromatic heterocycles. The largest absolute Gasteiger partial charge is 0.481 e. The molecule has 0 aliphatic heterocycles. The van der Waals surface area contributed by atoms with E-state index >= 15 is 0 Å². The number of nitrogens with one attached hydrogen (secondary N) is 3. The third-order valence-electron chi connectivity index (χ3n) is 4.43. The predicted molar refractivity (Wildman–Crippen MR) is 115 cm³/mol. The van der Waals surface area contributed by atoms with Gasteiger partial charge in [-0.1, -0.05) is 0 Å². The predicted octanol–water partition coefficient (Wildman–Crippen LogP) is -2.43. The van der Waals surface area contributed by atoms with Gasteiger partial charge in [-0.3, -0.25) is 38.9 Å². The van der Waals surface area contributed by atoms with E-state index in [2.05, 4.69) is 20.9 Å². The lowest BCUT2D eigenvalue weighted by molar-refractivity contribution is -0.140. The number of carbonyl (C=O) groups is 7. The van der Waals surface area contributed by atoms with Crippen molar-refractivity contribution < 1.29 is 48.9 Å². The normalized spacial score (nSPS) is 11.3. The zero-order valence-corrected chi connectivity index (χ0v) is 18.7. The Morgan fingerprint density at radius 2 is 1.34 bits per heavy atom. The Morgan fingerprint density at radius 1 is 0.800 bits per heavy atom. The van der Waals surface area contributed by atoms with Crippen molar-refractivity contribution in [2.75, 3.05) is 19.6 Å². The first kappa shape index (κ1) is 28.9. The summed E-state index contributed by atoms with van der Waals surface area (Å²) in [5.74, 6) is -5.61. The van der Waals surface area contributed by atoms with Crippen molar-refractivity contribution in [2.24, 2.45) is 0 Å². The van der Waals surface area contributed by atoms with E-state index < -0.39 is 53.9 Å². The van der Waals surface area contributed by atoms with Crippen LogP contribution in [-0.2, 0) is 46.5 Å². The SMILES string of the molecule is O=C(O)CCC(=O)CNC(=O)CNC(Cc1cn(CC(=O)NCC(=O)CCC(=O)O)cn1)C(=O)O. The fraction of sp³-hybridized carbons (Fsp3) is 0.500. The molecular weight excluding hydrogens is 470 g/mol. The molecule has 0 saturated heterocycles. The molecule has 15 heteroatoms. The van der Waals surface area contributed by atoms with Crippen LogP contribution in [0.3, 0.4) is 0 Å². The van der Waals surface area contributed by atoms with Crippen LogP contribution in [0.25, 0.3) is 0 Å². The first-order valence-electron chi connectivity index (χ1n) is 10.4. The van der Waals surface area contributed by atoms with Crippen LogP contribution in [0.4, 0.5) is 0 Å². The summed E-state index contributed by atoms with van der Waals surface area (Å²) in [6, 6.07) is -1.20. The lowest BCUT2D eigenvalue weighted by atomic mass is 10.1. The number of imidazole rings is 1. The smallest absolute Gasteiger partial charge is 0.321 e. The first-order valence-corrected chi connectivity index (χ1v) is 10.4. The molecule has 0 aliphatic carbocycles. The van der Waals surface area contributed by atoms with Crippen molar-refractivity contribution >= 4 is 41.3 Å². The molecule has 0 fully saturated rings. The maximum absolute atomic E-state index is 11.9. The molecule has 192 valence electrons. The molecular formula is C20H27N5O10. The van der Waals surface area contributed by atoms with Crippen LogP contribution in [0.5, 0.6) is 0 Å². The van der Waals surface area contributed by atoms with Crippen LogP contribution in [0.15, 0.2) is 12.5 Å². The van der Waals surface area contributed by atoms with Crippen LogP contribution in [0.2, 0.25) is 0 Å². The molecule has 15 nitrogen and oxygen atoms in total. The standard InChI is InChI=1S/C20H27N5O10/c26-13(1-3-18(30)31)6-22-16(28)8-21-15(20(34)35)5-12-9-25(11-24-12)10-17(29)23-7-14(27)2-4-19(32)33/h9,11,15,21H,1-8,10H2,(H,22,28)(H,23,29)(H,30,31)(H,32,33)(H,34,35). The van der Waals surface area contributed by atoms with Crippen molar-refractivity contribution in [3.05, 3.63) is 18.2 Å². The van der Waals surface area contributed by atoms with Crippen LogP contribution in [-0.4, -0.2) is 91.8 Å². The monoisotopic (exact) mass is 497 g/mol. The Hall–Kier alpha value is -4.14. The van der Waals surface area contributed by atoms with Gasteiger partial charge in [0, 0.05) is 25.5 Å². The van der Waals surface area contributed by atoms with Gasteiger partial charge in [-0.25, -0.2) is 4.98 Å². The van der Waals surface area contributed by atoms with Gasteiger partial charge in [0.2, 0.25) is 11.8 Å². The Kier molecular flexibility index (Phi) is 12.3. The van der Waals surface area contributed by atoms with Gasteiger partial charge in [0.25, 0.3) is 0 Å². The minimum absolute atomic E-state index is 0.123. The van der Waals surface area contributed by atoms with Crippen LogP contribution in [0, 0.1) is 0 Å². The second-order valence-electron chi connectivity index (χ2n) is 7.43. The number of aromatic nitrogens is 2. The van der Waals surface area contributed by atoms with E-state index in [9.17, 15) is 38.7 Å². The second kappa shape index (κ2) is 14.9. The molecule has 0 radical (unpaired) electrons. The average molecular weight is 497 g/mol. The van der Waals surface area contributed by atoms with Gasteiger partial charge in [-0.2, -0.15) is 0 Å². The Balaban J connectivity index is 2.45. The first-order chi connectivity index (χ1) is 16.5. The quantitative estimate of drug-likeness (QED) is 0.124. The number of rotatable bonds is 18. The number of ketones is 2. The van der Waals surface area contributed by atoms with Crippen molar-refractivity contribution in [3.8, 4) is 0 Å². The fourth-order valence-corrected chi connectivity index (χ4v) is 2.62. The topological polar surface area (TPSA) is 234 Å². The van der Waals surface area contributed by atoms with Gasteiger partial charge in [0.05, 0.1) is 44.5 Å². The number of aliphatic carboxylic acids is 3. The summed E-state index contributed by atoms with van der Waals surface area (Å²) in [5, 5.41) is 33.6. The molecule has 1 heterocycles. The molecule has 0 aliphatic rings. The minimum atomic E-state index is -1.26. The maximum atomic E-state index is 11.9. The van der Waals surface area contributed by atoms with Gasteiger partial charge in [0.1, 0.15) is 12.6 Å². The van der Waals surface area contributed by atoms with Gasteiger partial charge in [-0.05, 0) is 0 Å². The van der Waals surface area contributed by atoms with E-state index in [1.165, 1.54) is 17.1 Å². The third-order valence-corrected chi connectivity index (χ3v) is 4.43. The van der Waals surface area contributed by atoms with Crippen molar-refractivity contribution in [1.29, 1.82) is 0 Å². The summed E-state index contributed by atoms with van der Waals surface area (Å²) >= 11 is 0. The number of hydrogen-bond acceptors (Lipinski definition) is 9. The number of carboxylic acid groups (broad SMARTS) is 3. The number of carboxylic acids is 3. The summed E-state index contributed by atoms with van der Waals surface area (Å²) in [6.45, 7) is -1.31. The van der Waals surface area contributed by atoms with E-state index in [4.69, 9.17) is 10.2 Å². The molecule has 2 amide bonds. The maximum Gasteiger partial charge on any atom is 0.321 e. The van der Waals surface area contributed by atoms with E-state index in [-0.39, 0.29) is 51.7 Å². The third kappa shape index (κ3) is 13.2. The van der Waals surface area contributed by atoms with E-state index in [0.29, 0.717) is 5.69 Å². The summed E-state index contributed by atoms with van der Waals surface area (Å²) in [4.78, 5) is 83.1. The van der Waals surface area contributed by atoms with Gasteiger partial charge < -0.3 is 30.5 Å². The van der Waals surface area contributed by atoms with Gasteiger partial charge in [0.15, 0.2) is 11.6 Å². The summed E-state index contributed by atoms with van der Waals surface area (Å²) < 4.78 is 1.36. The zero-order chi connectivity index (χ0) is 26.4. The lowest BCUT2D eigenvalue weighted by Gasteiger charge is -2.13. The highest BCUT2D eigenvalue weighted by atomic mass is 16.4. The number of hydrogen-bond donors (Lipinski definition) is 6. The minimum Gasteiger partial charge on any atom is -0.481 e. The summed E-state index contributed by atoms with van der Waals surface area (Å²) in [7, 11) is 0. The number of Topliss-reactive ketones (excluding diaryl/α,β-unsaturated/α-hetero) is 2. The lowest BCUT2D eigenvalue weighted by Crippen LogP contribution is -2.45. The fourth-order valence-electron chi connectivity index (χ4n) is 2.62. The van der Waals surface area contributed by atoms with Gasteiger partial charge in [-0.15, -0.1) is 0 Å². The van der Waals surface area contributed by atoms with Crippen molar-refractivity contribution in [1.82, 2.24) is 25.5 Å². The molecule has 0 bridgehead atoms. The summed E-state index contributed by atoms with van der Waals surface area (Å²) in [6.07, 6.45) is 1.47.